The first kappa shape index (κ1) is 19.4. The van der Waals surface area contributed by atoms with Crippen molar-refractivity contribution in [3.8, 4) is 0 Å². The lowest BCUT2D eigenvalue weighted by atomic mass is 10.0. The van der Waals surface area contributed by atoms with Gasteiger partial charge < -0.3 is 14.8 Å². The number of amides is 2. The maximum atomic E-state index is 13.3. The van der Waals surface area contributed by atoms with E-state index in [0.29, 0.717) is 25.2 Å². The Morgan fingerprint density at radius 1 is 1.25 bits per heavy atom. The summed E-state index contributed by atoms with van der Waals surface area (Å²) in [5.74, 6) is -0.479. The van der Waals surface area contributed by atoms with E-state index in [1.165, 1.54) is 18.2 Å². The Hall–Kier alpha value is -3.30. The lowest BCUT2D eigenvalue weighted by molar-refractivity contribution is -0.136. The highest BCUT2D eigenvalue weighted by Gasteiger charge is 2.53. The van der Waals surface area contributed by atoms with Crippen LogP contribution in [-0.4, -0.2) is 55.5 Å². The van der Waals surface area contributed by atoms with Crippen molar-refractivity contribution in [1.29, 1.82) is 0 Å². The number of halogens is 3. The average molecular weight is 443 g/mol. The number of H-pyrrole nitrogens is 1. The molecule has 32 heavy (non-hydrogen) atoms. The van der Waals surface area contributed by atoms with Gasteiger partial charge in [-0.3, -0.25) is 14.3 Å². The minimum Gasteiger partial charge on any atom is -0.351 e. The molecular formula is C22H20F3N5O2. The van der Waals surface area contributed by atoms with Gasteiger partial charge in [0.25, 0.3) is 11.8 Å². The molecule has 0 atom stereocenters. The van der Waals surface area contributed by atoms with Crippen LogP contribution < -0.4 is 0 Å². The number of benzene rings is 1. The van der Waals surface area contributed by atoms with Crippen molar-refractivity contribution >= 4 is 22.7 Å². The van der Waals surface area contributed by atoms with E-state index in [2.05, 4.69) is 10.1 Å². The molecule has 0 unspecified atom stereocenters. The van der Waals surface area contributed by atoms with E-state index in [1.54, 1.807) is 14.5 Å². The highest BCUT2D eigenvalue weighted by molar-refractivity contribution is 6.00. The molecule has 2 amide bonds. The molecule has 0 radical (unpaired) electrons. The number of nitrogens with one attached hydrogen (secondary N) is 1. The molecule has 1 spiro atoms. The predicted octanol–water partition coefficient (Wildman–Crippen LogP) is 3.20. The smallest absolute Gasteiger partial charge is 0.351 e. The van der Waals surface area contributed by atoms with Gasteiger partial charge >= 0.3 is 6.18 Å². The minimum atomic E-state index is -4.51. The molecule has 0 bridgehead atoms. The molecule has 4 heterocycles. The SMILES string of the molecule is CN1C(=O)c2c3c(nn2CC12CC2)CCN(C(=O)c1cc2c(C(F)(F)F)cccc2[nH]1)C3. The Morgan fingerprint density at radius 2 is 2.03 bits per heavy atom. The molecule has 2 aromatic heterocycles. The Bertz CT molecular complexity index is 1300. The Kier molecular flexibility index (Phi) is 3.72. The summed E-state index contributed by atoms with van der Waals surface area (Å²) in [5, 5.41) is 4.62. The van der Waals surface area contributed by atoms with Crippen molar-refractivity contribution in [2.75, 3.05) is 13.6 Å². The summed E-state index contributed by atoms with van der Waals surface area (Å²) in [6, 6.07) is 5.10. The molecule has 1 aliphatic carbocycles. The predicted molar refractivity (Wildman–Crippen MR) is 108 cm³/mol. The van der Waals surface area contributed by atoms with Gasteiger partial charge in [0.2, 0.25) is 0 Å². The van der Waals surface area contributed by atoms with Crippen LogP contribution in [-0.2, 0) is 25.7 Å². The lowest BCUT2D eigenvalue weighted by Crippen LogP contribution is -2.48. The van der Waals surface area contributed by atoms with Crippen LogP contribution in [0.2, 0.25) is 0 Å². The van der Waals surface area contributed by atoms with Gasteiger partial charge in [0, 0.05) is 36.5 Å². The van der Waals surface area contributed by atoms with Crippen molar-refractivity contribution in [3.63, 3.8) is 0 Å². The van der Waals surface area contributed by atoms with E-state index >= 15 is 0 Å². The number of likely N-dealkylation sites (N-methyl/N-ethyl adjacent to an activating group) is 1. The number of aromatic amines is 1. The number of alkyl halides is 3. The summed E-state index contributed by atoms with van der Waals surface area (Å²) in [4.78, 5) is 32.4. The van der Waals surface area contributed by atoms with Gasteiger partial charge in [-0.2, -0.15) is 18.3 Å². The topological polar surface area (TPSA) is 74.2 Å². The third kappa shape index (κ3) is 2.64. The number of fused-ring (bicyclic) bond motifs is 4. The number of aromatic nitrogens is 3. The monoisotopic (exact) mass is 443 g/mol. The lowest BCUT2D eigenvalue weighted by Gasteiger charge is -2.34. The van der Waals surface area contributed by atoms with Crippen LogP contribution in [0.25, 0.3) is 10.9 Å². The van der Waals surface area contributed by atoms with Gasteiger partial charge in [-0.05, 0) is 31.0 Å². The van der Waals surface area contributed by atoms with Gasteiger partial charge in [-0.1, -0.05) is 6.07 Å². The van der Waals surface area contributed by atoms with Crippen molar-refractivity contribution in [3.05, 3.63) is 52.5 Å². The maximum absolute atomic E-state index is 13.3. The second kappa shape index (κ2) is 6.14. The van der Waals surface area contributed by atoms with Crippen LogP contribution >= 0.6 is 0 Å². The average Bonchev–Trinajstić information content (AvgIpc) is 3.23. The number of carbonyl (C=O) groups excluding carboxylic acids is 2. The highest BCUT2D eigenvalue weighted by Crippen LogP contribution is 2.46. The van der Waals surface area contributed by atoms with Crippen molar-refractivity contribution in [1.82, 2.24) is 24.6 Å². The summed E-state index contributed by atoms with van der Waals surface area (Å²) >= 11 is 0. The third-order valence-electron chi connectivity index (χ3n) is 7.08. The highest BCUT2D eigenvalue weighted by atomic mass is 19.4. The molecular weight excluding hydrogens is 423 g/mol. The van der Waals surface area contributed by atoms with Crippen LogP contribution in [0, 0.1) is 0 Å². The molecule has 6 rings (SSSR count). The van der Waals surface area contributed by atoms with E-state index in [1.807, 2.05) is 7.05 Å². The molecule has 2 aliphatic heterocycles. The second-order valence-electron chi connectivity index (χ2n) is 8.94. The molecule has 0 saturated heterocycles. The molecule has 1 aromatic carbocycles. The molecule has 1 saturated carbocycles. The fourth-order valence-electron chi connectivity index (χ4n) is 5.04. The van der Waals surface area contributed by atoms with E-state index in [4.69, 9.17) is 0 Å². The van der Waals surface area contributed by atoms with Gasteiger partial charge in [0.1, 0.15) is 11.4 Å². The van der Waals surface area contributed by atoms with Crippen LogP contribution in [0.15, 0.2) is 24.3 Å². The van der Waals surface area contributed by atoms with Gasteiger partial charge in [-0.25, -0.2) is 0 Å². The van der Waals surface area contributed by atoms with E-state index in [0.717, 1.165) is 30.2 Å². The minimum absolute atomic E-state index is 0.0319. The molecule has 10 heteroatoms. The van der Waals surface area contributed by atoms with E-state index in [-0.39, 0.29) is 34.6 Å². The normalized spacial score (nSPS) is 19.4. The molecule has 1 N–H and O–H groups in total. The molecule has 1 fully saturated rings. The van der Waals surface area contributed by atoms with Crippen LogP contribution in [0.4, 0.5) is 13.2 Å². The Balaban J connectivity index is 1.33. The Morgan fingerprint density at radius 3 is 2.75 bits per heavy atom. The van der Waals surface area contributed by atoms with Gasteiger partial charge in [0.05, 0.1) is 29.9 Å². The van der Waals surface area contributed by atoms with Crippen molar-refractivity contribution < 1.29 is 22.8 Å². The first-order valence-corrected chi connectivity index (χ1v) is 10.5. The fraction of sp³-hybridized carbons (Fsp3) is 0.409. The zero-order chi connectivity index (χ0) is 22.4. The molecule has 166 valence electrons. The van der Waals surface area contributed by atoms with Crippen molar-refractivity contribution in [2.24, 2.45) is 0 Å². The summed E-state index contributed by atoms with van der Waals surface area (Å²) in [6.07, 6.45) is -2.09. The third-order valence-corrected chi connectivity index (χ3v) is 7.08. The largest absolute Gasteiger partial charge is 0.417 e. The zero-order valence-corrected chi connectivity index (χ0v) is 17.3. The standard InChI is InChI=1S/C22H20F3N5O2/c1-28-20(32)18-13-10-29(8-5-16(13)27-30(18)11-21(28)6-7-21)19(31)17-9-12-14(22(23,24)25)3-2-4-15(12)26-17/h2-4,9,26H,5-8,10-11H2,1H3. The van der Waals surface area contributed by atoms with Crippen LogP contribution in [0.5, 0.6) is 0 Å². The number of rotatable bonds is 1. The fourth-order valence-corrected chi connectivity index (χ4v) is 5.04. The maximum Gasteiger partial charge on any atom is 0.417 e. The number of nitrogens with zero attached hydrogens (tertiary/aromatic N) is 4. The number of hydrogen-bond acceptors (Lipinski definition) is 3. The zero-order valence-electron chi connectivity index (χ0n) is 17.3. The summed E-state index contributed by atoms with van der Waals surface area (Å²) in [7, 11) is 1.81. The van der Waals surface area contributed by atoms with Gasteiger partial charge in [0.15, 0.2) is 0 Å². The van der Waals surface area contributed by atoms with E-state index < -0.39 is 17.6 Å². The number of hydrogen-bond donors (Lipinski definition) is 1. The summed E-state index contributed by atoms with van der Waals surface area (Å²) in [5.41, 5.74) is 1.53. The first-order valence-electron chi connectivity index (χ1n) is 10.5. The quantitative estimate of drug-likeness (QED) is 0.628. The Labute approximate surface area is 180 Å². The van der Waals surface area contributed by atoms with Crippen LogP contribution in [0.1, 0.15) is 50.6 Å². The molecule has 3 aromatic rings. The molecule has 7 nitrogen and oxygen atoms in total. The first-order chi connectivity index (χ1) is 15.2. The summed E-state index contributed by atoms with van der Waals surface area (Å²) < 4.78 is 41.8. The molecule has 3 aliphatic rings. The summed E-state index contributed by atoms with van der Waals surface area (Å²) in [6.45, 7) is 1.25. The van der Waals surface area contributed by atoms with Crippen LogP contribution in [0.3, 0.4) is 0 Å². The van der Waals surface area contributed by atoms with Crippen molar-refractivity contribution in [2.45, 2.75) is 44.1 Å². The number of carbonyl (C=O) groups is 2. The van der Waals surface area contributed by atoms with E-state index in [9.17, 15) is 22.8 Å². The second-order valence-corrected chi connectivity index (χ2v) is 8.94. The van der Waals surface area contributed by atoms with Gasteiger partial charge in [-0.15, -0.1) is 0 Å².